The van der Waals surface area contributed by atoms with Crippen molar-refractivity contribution in [2.45, 2.75) is 38.0 Å². The first-order valence-corrected chi connectivity index (χ1v) is 8.30. The molecule has 2 atom stereocenters. The van der Waals surface area contributed by atoms with Crippen molar-refractivity contribution < 1.29 is 14.6 Å². The molecule has 7 heteroatoms. The van der Waals surface area contributed by atoms with E-state index in [1.54, 1.807) is 57.3 Å². The topological polar surface area (TPSA) is 80.6 Å². The fraction of sp³-hybridized carbons (Fsp3) is 0.333. The molecule has 2 N–H and O–H groups in total. The van der Waals surface area contributed by atoms with Crippen molar-refractivity contribution in [1.82, 2.24) is 9.29 Å². The number of aliphatic hydroxyl groups is 1. The van der Waals surface area contributed by atoms with E-state index in [-0.39, 0.29) is 11.5 Å². The highest BCUT2D eigenvalue weighted by Gasteiger charge is 2.53. The summed E-state index contributed by atoms with van der Waals surface area (Å²) in [6.07, 6.45) is 1.64. The minimum Gasteiger partial charge on any atom is -0.484 e. The molecule has 2 aromatic rings. The van der Waals surface area contributed by atoms with E-state index < -0.39 is 17.2 Å². The van der Waals surface area contributed by atoms with Gasteiger partial charge in [-0.2, -0.15) is 0 Å². The maximum absolute atomic E-state index is 12.4. The number of benzene rings is 1. The fourth-order valence-corrected chi connectivity index (χ4v) is 3.27. The second kappa shape index (κ2) is 5.93. The Bertz CT molecular complexity index is 889. The van der Waals surface area contributed by atoms with Crippen LogP contribution in [0.3, 0.4) is 0 Å². The number of thiol groups is 1. The number of nitrogens with one attached hydrogen (secondary N) is 1. The molecule has 2 unspecified atom stereocenters. The number of nitrogens with zero attached hydrogens (tertiary/aromatic N) is 1. The van der Waals surface area contributed by atoms with E-state index in [1.165, 1.54) is 10.6 Å². The van der Waals surface area contributed by atoms with Gasteiger partial charge in [-0.3, -0.25) is 14.3 Å². The summed E-state index contributed by atoms with van der Waals surface area (Å²) in [6.45, 7) is 5.15. The Labute approximate surface area is 151 Å². The Morgan fingerprint density at radius 1 is 1.28 bits per heavy atom. The SMILES string of the molecule is CC1(C)Oc2cc(C(=O)NS)ccc2C(n2ccccc2=O)C1(C)O. The zero-order valence-corrected chi connectivity index (χ0v) is 15.1. The molecule has 2 heterocycles. The molecule has 25 heavy (non-hydrogen) atoms. The number of aromatic nitrogens is 1. The highest BCUT2D eigenvalue weighted by Crippen LogP contribution is 2.47. The molecule has 0 radical (unpaired) electrons. The molecular weight excluding hydrogens is 340 g/mol. The average Bonchev–Trinajstić information content (AvgIpc) is 2.55. The highest BCUT2D eigenvalue weighted by atomic mass is 32.1. The molecule has 0 saturated carbocycles. The number of rotatable bonds is 2. The molecule has 0 aliphatic carbocycles. The Hall–Kier alpha value is -2.25. The maximum Gasteiger partial charge on any atom is 0.261 e. The molecule has 132 valence electrons. The predicted octanol–water partition coefficient (Wildman–Crippen LogP) is 1.93. The normalized spacial score (nSPS) is 24.1. The summed E-state index contributed by atoms with van der Waals surface area (Å²) in [5, 5.41) is 11.2. The van der Waals surface area contributed by atoms with Crippen molar-refractivity contribution in [3.8, 4) is 5.75 Å². The lowest BCUT2D eigenvalue weighted by Crippen LogP contribution is -2.60. The largest absolute Gasteiger partial charge is 0.484 e. The van der Waals surface area contributed by atoms with Gasteiger partial charge in [-0.25, -0.2) is 0 Å². The van der Waals surface area contributed by atoms with Crippen molar-refractivity contribution in [3.05, 3.63) is 64.1 Å². The van der Waals surface area contributed by atoms with Crippen LogP contribution in [0.15, 0.2) is 47.4 Å². The number of fused-ring (bicyclic) bond motifs is 1. The van der Waals surface area contributed by atoms with E-state index in [9.17, 15) is 14.7 Å². The standard InChI is InChI=1S/C18H20N2O4S/c1-17(2)18(3,23)15(20-9-5-4-6-14(20)21)12-8-7-11(16(22)19-25)10-13(12)24-17/h4-10,15,23,25H,1-3H3,(H,19,22). The molecule has 1 amide bonds. The van der Waals surface area contributed by atoms with E-state index in [2.05, 4.69) is 17.5 Å². The van der Waals surface area contributed by atoms with Crippen LogP contribution < -0.4 is 15.0 Å². The smallest absolute Gasteiger partial charge is 0.261 e. The first kappa shape index (κ1) is 17.6. The highest BCUT2D eigenvalue weighted by molar-refractivity contribution is 7.78. The molecule has 0 bridgehead atoms. The first-order chi connectivity index (χ1) is 11.7. The Kier molecular flexibility index (Phi) is 4.17. The second-order valence-corrected chi connectivity index (χ2v) is 7.03. The predicted molar refractivity (Wildman–Crippen MR) is 97.1 cm³/mol. The first-order valence-electron chi connectivity index (χ1n) is 7.86. The average molecular weight is 360 g/mol. The van der Waals surface area contributed by atoms with Gasteiger partial charge in [0.05, 0.1) is 6.04 Å². The van der Waals surface area contributed by atoms with Gasteiger partial charge in [-0.1, -0.05) is 24.9 Å². The number of carbonyl (C=O) groups is 1. The number of pyridine rings is 1. The molecule has 1 aromatic carbocycles. The molecule has 1 aliphatic rings. The number of carbonyl (C=O) groups excluding carboxylic acids is 1. The quantitative estimate of drug-likeness (QED) is 0.715. The third kappa shape index (κ3) is 2.73. The van der Waals surface area contributed by atoms with Gasteiger partial charge in [0, 0.05) is 23.4 Å². The molecule has 0 fully saturated rings. The summed E-state index contributed by atoms with van der Waals surface area (Å²) in [6, 6.07) is 9.08. The number of ether oxygens (including phenoxy) is 1. The summed E-state index contributed by atoms with van der Waals surface area (Å²) < 4.78 is 9.75. The minimum atomic E-state index is -1.36. The van der Waals surface area contributed by atoms with Crippen molar-refractivity contribution >= 4 is 18.7 Å². The van der Waals surface area contributed by atoms with Crippen LogP contribution >= 0.6 is 12.8 Å². The molecule has 0 spiro atoms. The van der Waals surface area contributed by atoms with E-state index in [0.29, 0.717) is 16.9 Å². The molecule has 6 nitrogen and oxygen atoms in total. The molecule has 0 saturated heterocycles. The molecule has 1 aliphatic heterocycles. The van der Waals surface area contributed by atoms with Crippen molar-refractivity contribution in [1.29, 1.82) is 0 Å². The maximum atomic E-state index is 12.4. The Morgan fingerprint density at radius 3 is 2.64 bits per heavy atom. The summed E-state index contributed by atoms with van der Waals surface area (Å²) in [5.41, 5.74) is -1.57. The lowest BCUT2D eigenvalue weighted by Gasteiger charge is -2.49. The van der Waals surface area contributed by atoms with Gasteiger partial charge in [-0.05, 0) is 39.0 Å². The zero-order chi connectivity index (χ0) is 18.4. The van der Waals surface area contributed by atoms with Crippen LogP contribution in [0.2, 0.25) is 0 Å². The van der Waals surface area contributed by atoms with E-state index >= 15 is 0 Å². The monoisotopic (exact) mass is 360 g/mol. The second-order valence-electron chi connectivity index (χ2n) is 6.80. The van der Waals surface area contributed by atoms with Crippen LogP contribution in [0.5, 0.6) is 5.75 Å². The van der Waals surface area contributed by atoms with Gasteiger partial charge in [0.15, 0.2) is 0 Å². The summed E-state index contributed by atoms with van der Waals surface area (Å²) in [5.74, 6) is 0.0880. The van der Waals surface area contributed by atoms with E-state index in [1.807, 2.05) is 0 Å². The Morgan fingerprint density at radius 2 is 2.00 bits per heavy atom. The van der Waals surface area contributed by atoms with Crippen LogP contribution in [0.25, 0.3) is 0 Å². The van der Waals surface area contributed by atoms with Gasteiger partial charge in [-0.15, -0.1) is 0 Å². The van der Waals surface area contributed by atoms with Gasteiger partial charge in [0.25, 0.3) is 11.5 Å². The molecule has 1 aromatic heterocycles. The summed E-state index contributed by atoms with van der Waals surface area (Å²) in [4.78, 5) is 24.2. The molecular formula is C18H20N2O4S. The lowest BCUT2D eigenvalue weighted by atomic mass is 9.75. The van der Waals surface area contributed by atoms with Gasteiger partial charge < -0.3 is 14.4 Å². The van der Waals surface area contributed by atoms with Gasteiger partial charge in [0.1, 0.15) is 17.0 Å². The van der Waals surface area contributed by atoms with Crippen LogP contribution in [0, 0.1) is 0 Å². The van der Waals surface area contributed by atoms with E-state index in [0.717, 1.165) is 0 Å². The fourth-order valence-electron chi connectivity index (χ4n) is 3.14. The molecule has 3 rings (SSSR count). The number of hydrogen-bond acceptors (Lipinski definition) is 5. The summed E-state index contributed by atoms with van der Waals surface area (Å²) >= 11 is 3.78. The van der Waals surface area contributed by atoms with Gasteiger partial charge >= 0.3 is 0 Å². The van der Waals surface area contributed by atoms with Crippen molar-refractivity contribution in [2.75, 3.05) is 0 Å². The van der Waals surface area contributed by atoms with Gasteiger partial charge in [0.2, 0.25) is 0 Å². The number of hydrogen-bond donors (Lipinski definition) is 3. The minimum absolute atomic E-state index is 0.228. The third-order valence-corrected chi connectivity index (χ3v) is 5.12. The van der Waals surface area contributed by atoms with Crippen LogP contribution in [-0.2, 0) is 0 Å². The zero-order valence-electron chi connectivity index (χ0n) is 14.2. The van der Waals surface area contributed by atoms with Crippen LogP contribution in [-0.4, -0.2) is 26.8 Å². The van der Waals surface area contributed by atoms with Crippen LogP contribution in [0.1, 0.15) is 42.7 Å². The lowest BCUT2D eigenvalue weighted by molar-refractivity contribution is -0.139. The van der Waals surface area contributed by atoms with Crippen LogP contribution in [0.4, 0.5) is 0 Å². The Balaban J connectivity index is 2.25. The third-order valence-electron chi connectivity index (χ3n) is 4.92. The van der Waals surface area contributed by atoms with E-state index in [4.69, 9.17) is 4.74 Å². The number of amides is 1. The van der Waals surface area contributed by atoms with Crippen molar-refractivity contribution in [3.63, 3.8) is 0 Å². The summed E-state index contributed by atoms with van der Waals surface area (Å²) in [7, 11) is 0. The van der Waals surface area contributed by atoms with Crippen molar-refractivity contribution in [2.24, 2.45) is 0 Å².